The third kappa shape index (κ3) is 2.63. The van der Waals surface area contributed by atoms with Crippen LogP contribution in [-0.2, 0) is 6.54 Å². The van der Waals surface area contributed by atoms with E-state index in [1.165, 1.54) is 16.9 Å². The van der Waals surface area contributed by atoms with Crippen molar-refractivity contribution in [3.05, 3.63) is 52.4 Å². The largest absolute Gasteiger partial charge is 0.497 e. The molecule has 5 nitrogen and oxygen atoms in total. The van der Waals surface area contributed by atoms with Crippen molar-refractivity contribution >= 4 is 5.69 Å². The molecule has 0 aliphatic rings. The second-order valence-electron chi connectivity index (χ2n) is 3.64. The Labute approximate surface area is 98.5 Å². The Morgan fingerprint density at radius 2 is 2.24 bits per heavy atom. The highest BCUT2D eigenvalue weighted by Gasteiger charge is 2.01. The number of hydrogen-bond acceptors (Lipinski definition) is 4. The number of anilines is 1. The lowest BCUT2D eigenvalue weighted by atomic mass is 10.2. The van der Waals surface area contributed by atoms with Gasteiger partial charge in [-0.1, -0.05) is 12.1 Å². The highest BCUT2D eigenvalue weighted by Crippen LogP contribution is 2.12. The Kier molecular flexibility index (Phi) is 3.09. The second-order valence-corrected chi connectivity index (χ2v) is 3.64. The molecular formula is C12H13N3O2. The van der Waals surface area contributed by atoms with Crippen LogP contribution in [0, 0.1) is 0 Å². The molecule has 17 heavy (non-hydrogen) atoms. The SMILES string of the molecule is COc1cccc(Cn2ncc(N)cc2=O)c1. The molecule has 0 aliphatic heterocycles. The van der Waals surface area contributed by atoms with Gasteiger partial charge in [0.15, 0.2) is 0 Å². The molecule has 0 spiro atoms. The van der Waals surface area contributed by atoms with Crippen LogP contribution < -0.4 is 16.0 Å². The van der Waals surface area contributed by atoms with Crippen LogP contribution in [0.3, 0.4) is 0 Å². The highest BCUT2D eigenvalue weighted by molar-refractivity contribution is 5.32. The summed E-state index contributed by atoms with van der Waals surface area (Å²) in [5.74, 6) is 0.756. The molecule has 0 saturated carbocycles. The van der Waals surface area contributed by atoms with E-state index >= 15 is 0 Å². The van der Waals surface area contributed by atoms with Gasteiger partial charge in [-0.15, -0.1) is 0 Å². The van der Waals surface area contributed by atoms with E-state index in [1.54, 1.807) is 7.11 Å². The van der Waals surface area contributed by atoms with Crippen LogP contribution in [0.1, 0.15) is 5.56 Å². The maximum atomic E-state index is 11.6. The first kappa shape index (κ1) is 11.2. The van der Waals surface area contributed by atoms with Crippen LogP contribution in [0.25, 0.3) is 0 Å². The number of ether oxygens (including phenoxy) is 1. The number of hydrogen-bond donors (Lipinski definition) is 1. The maximum Gasteiger partial charge on any atom is 0.269 e. The molecule has 0 aliphatic carbocycles. The molecule has 0 fully saturated rings. The average molecular weight is 231 g/mol. The lowest BCUT2D eigenvalue weighted by Crippen LogP contribution is -2.22. The molecule has 0 atom stereocenters. The molecule has 0 radical (unpaired) electrons. The van der Waals surface area contributed by atoms with Gasteiger partial charge in [0.25, 0.3) is 5.56 Å². The van der Waals surface area contributed by atoms with Crippen LogP contribution in [0.2, 0.25) is 0 Å². The first-order valence-corrected chi connectivity index (χ1v) is 5.14. The molecule has 88 valence electrons. The molecule has 0 unspecified atom stereocenters. The summed E-state index contributed by atoms with van der Waals surface area (Å²) < 4.78 is 6.47. The number of nitrogens with two attached hydrogens (primary N) is 1. The summed E-state index contributed by atoms with van der Waals surface area (Å²) in [5.41, 5.74) is 6.58. The molecule has 2 aromatic rings. The Hall–Kier alpha value is -2.30. The van der Waals surface area contributed by atoms with E-state index in [1.807, 2.05) is 24.3 Å². The summed E-state index contributed by atoms with van der Waals surface area (Å²) in [7, 11) is 1.60. The number of rotatable bonds is 3. The van der Waals surface area contributed by atoms with Crippen LogP contribution in [0.5, 0.6) is 5.75 Å². The fourth-order valence-corrected chi connectivity index (χ4v) is 1.51. The Morgan fingerprint density at radius 3 is 2.94 bits per heavy atom. The van der Waals surface area contributed by atoms with Crippen molar-refractivity contribution in [3.8, 4) is 5.75 Å². The van der Waals surface area contributed by atoms with Gasteiger partial charge in [0, 0.05) is 6.07 Å². The summed E-state index contributed by atoms with van der Waals surface area (Å²) in [5, 5.41) is 3.97. The van der Waals surface area contributed by atoms with Gasteiger partial charge in [-0.25, -0.2) is 4.68 Å². The van der Waals surface area contributed by atoms with Crippen molar-refractivity contribution in [2.24, 2.45) is 0 Å². The van der Waals surface area contributed by atoms with Gasteiger partial charge in [-0.2, -0.15) is 5.10 Å². The van der Waals surface area contributed by atoms with Gasteiger partial charge in [0.2, 0.25) is 0 Å². The van der Waals surface area contributed by atoms with E-state index in [9.17, 15) is 4.79 Å². The summed E-state index contributed by atoms with van der Waals surface area (Å²) in [6.07, 6.45) is 1.46. The molecule has 2 rings (SSSR count). The molecule has 1 aromatic carbocycles. The average Bonchev–Trinajstić information content (AvgIpc) is 2.33. The standard InChI is InChI=1S/C12H13N3O2/c1-17-11-4-2-3-9(5-11)8-15-12(16)6-10(13)7-14-15/h2-7H,8,13H2,1H3. The van der Waals surface area contributed by atoms with Gasteiger partial charge in [0.1, 0.15) is 5.75 Å². The van der Waals surface area contributed by atoms with Gasteiger partial charge in [0.05, 0.1) is 25.5 Å². The fraction of sp³-hybridized carbons (Fsp3) is 0.167. The molecule has 0 bridgehead atoms. The van der Waals surface area contributed by atoms with E-state index < -0.39 is 0 Å². The zero-order chi connectivity index (χ0) is 12.3. The van der Waals surface area contributed by atoms with Crippen LogP contribution in [-0.4, -0.2) is 16.9 Å². The van der Waals surface area contributed by atoms with Crippen molar-refractivity contribution in [2.75, 3.05) is 12.8 Å². The highest BCUT2D eigenvalue weighted by atomic mass is 16.5. The minimum absolute atomic E-state index is 0.215. The van der Waals surface area contributed by atoms with Crippen molar-refractivity contribution in [2.45, 2.75) is 6.54 Å². The van der Waals surface area contributed by atoms with Gasteiger partial charge in [-0.3, -0.25) is 4.79 Å². The quantitative estimate of drug-likeness (QED) is 0.851. The summed E-state index contributed by atoms with van der Waals surface area (Å²) in [6, 6.07) is 8.85. The third-order valence-corrected chi connectivity index (χ3v) is 2.36. The minimum Gasteiger partial charge on any atom is -0.497 e. The first-order chi connectivity index (χ1) is 8.19. The van der Waals surface area contributed by atoms with E-state index in [0.717, 1.165) is 11.3 Å². The minimum atomic E-state index is -0.215. The maximum absolute atomic E-state index is 11.6. The molecule has 1 heterocycles. The Bertz CT molecular complexity index is 578. The number of nitrogens with zero attached hydrogens (tertiary/aromatic N) is 2. The Balaban J connectivity index is 2.28. The number of methoxy groups -OCH3 is 1. The van der Waals surface area contributed by atoms with E-state index in [2.05, 4.69) is 5.10 Å². The zero-order valence-corrected chi connectivity index (χ0v) is 9.46. The third-order valence-electron chi connectivity index (χ3n) is 2.36. The number of aromatic nitrogens is 2. The van der Waals surface area contributed by atoms with Crippen molar-refractivity contribution in [1.29, 1.82) is 0 Å². The molecule has 0 amide bonds. The van der Waals surface area contributed by atoms with Crippen molar-refractivity contribution in [1.82, 2.24) is 9.78 Å². The lowest BCUT2D eigenvalue weighted by molar-refractivity contribution is 0.414. The number of benzene rings is 1. The van der Waals surface area contributed by atoms with Crippen LogP contribution in [0.4, 0.5) is 5.69 Å². The summed E-state index contributed by atoms with van der Waals surface area (Å²) in [4.78, 5) is 11.6. The molecule has 0 saturated heterocycles. The first-order valence-electron chi connectivity index (χ1n) is 5.14. The summed E-state index contributed by atoms with van der Waals surface area (Å²) >= 11 is 0. The fourth-order valence-electron chi connectivity index (χ4n) is 1.51. The zero-order valence-electron chi connectivity index (χ0n) is 9.46. The van der Waals surface area contributed by atoms with Crippen LogP contribution >= 0.6 is 0 Å². The lowest BCUT2D eigenvalue weighted by Gasteiger charge is -2.06. The van der Waals surface area contributed by atoms with Crippen molar-refractivity contribution < 1.29 is 4.74 Å². The Morgan fingerprint density at radius 1 is 1.41 bits per heavy atom. The predicted octanol–water partition coefficient (Wildman–Crippen LogP) is 0.882. The van der Waals surface area contributed by atoms with Crippen molar-refractivity contribution in [3.63, 3.8) is 0 Å². The molecular weight excluding hydrogens is 218 g/mol. The topological polar surface area (TPSA) is 70.1 Å². The van der Waals surface area contributed by atoms with E-state index in [0.29, 0.717) is 12.2 Å². The monoisotopic (exact) mass is 231 g/mol. The molecule has 2 N–H and O–H groups in total. The second kappa shape index (κ2) is 4.69. The van der Waals surface area contributed by atoms with Crippen LogP contribution in [0.15, 0.2) is 41.3 Å². The number of nitrogen functional groups attached to an aromatic ring is 1. The molecule has 1 aromatic heterocycles. The van der Waals surface area contributed by atoms with Gasteiger partial charge >= 0.3 is 0 Å². The van der Waals surface area contributed by atoms with E-state index in [-0.39, 0.29) is 5.56 Å². The predicted molar refractivity (Wildman–Crippen MR) is 65.0 cm³/mol. The summed E-state index contributed by atoms with van der Waals surface area (Å²) in [6.45, 7) is 0.399. The normalized spacial score (nSPS) is 10.2. The smallest absolute Gasteiger partial charge is 0.269 e. The van der Waals surface area contributed by atoms with Gasteiger partial charge in [-0.05, 0) is 17.7 Å². The van der Waals surface area contributed by atoms with Gasteiger partial charge < -0.3 is 10.5 Å². The van der Waals surface area contributed by atoms with E-state index in [4.69, 9.17) is 10.5 Å². The molecule has 5 heteroatoms.